The summed E-state index contributed by atoms with van der Waals surface area (Å²) in [6.07, 6.45) is 2.38. The molecule has 4 aliphatic heterocycles. The number of imide groups is 1. The Morgan fingerprint density at radius 3 is 2.73 bits per heavy atom. The Kier molecular flexibility index (Phi) is 4.90. The molecule has 3 amide bonds. The summed E-state index contributed by atoms with van der Waals surface area (Å²) in [5.41, 5.74) is 2.37. The van der Waals surface area contributed by atoms with Gasteiger partial charge in [0.1, 0.15) is 5.54 Å². The number of anilines is 1. The maximum Gasteiger partial charge on any atom is 0.250 e. The van der Waals surface area contributed by atoms with Crippen LogP contribution in [-0.2, 0) is 32.9 Å². The Labute approximate surface area is 233 Å². The van der Waals surface area contributed by atoms with Crippen molar-refractivity contribution >= 4 is 45.9 Å². The van der Waals surface area contributed by atoms with E-state index in [1.807, 2.05) is 36.5 Å². The number of benzene rings is 3. The van der Waals surface area contributed by atoms with Gasteiger partial charge in [-0.2, -0.15) is 0 Å². The van der Waals surface area contributed by atoms with Crippen LogP contribution >= 0.6 is 11.6 Å². The highest BCUT2D eigenvalue weighted by atomic mass is 35.5. The number of ether oxygens (including phenoxy) is 2. The van der Waals surface area contributed by atoms with Gasteiger partial charge in [0, 0.05) is 28.7 Å². The van der Waals surface area contributed by atoms with Gasteiger partial charge >= 0.3 is 0 Å². The molecule has 8 rings (SSSR count). The molecule has 0 saturated carbocycles. The van der Waals surface area contributed by atoms with Crippen molar-refractivity contribution < 1.29 is 23.9 Å². The summed E-state index contributed by atoms with van der Waals surface area (Å²) in [4.78, 5) is 46.7. The third-order valence-corrected chi connectivity index (χ3v) is 9.00. The number of aromatic nitrogens is 1. The molecule has 1 aromatic heterocycles. The number of carbonyl (C=O) groups is 3. The minimum absolute atomic E-state index is 0.0706. The van der Waals surface area contributed by atoms with Crippen LogP contribution in [0.15, 0.2) is 66.9 Å². The highest BCUT2D eigenvalue weighted by Crippen LogP contribution is 2.54. The number of fused-ring (bicyclic) bond motifs is 6. The third-order valence-electron chi connectivity index (χ3n) is 8.68. The summed E-state index contributed by atoms with van der Waals surface area (Å²) in [5.74, 6) is -1.54. The zero-order chi connectivity index (χ0) is 27.2. The number of H-pyrrole nitrogens is 1. The van der Waals surface area contributed by atoms with Crippen molar-refractivity contribution in [3.8, 4) is 11.5 Å². The number of rotatable bonds is 4. The lowest BCUT2D eigenvalue weighted by Gasteiger charge is -2.29. The third kappa shape index (κ3) is 3.10. The first-order valence-electron chi connectivity index (χ1n) is 13.1. The van der Waals surface area contributed by atoms with Crippen molar-refractivity contribution in [3.05, 3.63) is 88.6 Å². The molecule has 3 aromatic carbocycles. The van der Waals surface area contributed by atoms with Crippen molar-refractivity contribution in [1.29, 1.82) is 0 Å². The second-order valence-corrected chi connectivity index (χ2v) is 11.1. The topological polar surface area (TPSA) is 113 Å². The van der Waals surface area contributed by atoms with Gasteiger partial charge < -0.3 is 19.8 Å². The van der Waals surface area contributed by atoms with Crippen LogP contribution in [0.25, 0.3) is 10.9 Å². The molecule has 0 bridgehead atoms. The summed E-state index contributed by atoms with van der Waals surface area (Å²) in [5, 5.41) is 7.81. The van der Waals surface area contributed by atoms with Crippen molar-refractivity contribution in [1.82, 2.24) is 15.2 Å². The number of halogens is 1. The maximum atomic E-state index is 14.2. The van der Waals surface area contributed by atoms with E-state index in [1.54, 1.807) is 30.3 Å². The van der Waals surface area contributed by atoms with Crippen LogP contribution in [0, 0.1) is 11.8 Å². The Balaban J connectivity index is 1.22. The van der Waals surface area contributed by atoms with Crippen molar-refractivity contribution in [2.75, 3.05) is 12.1 Å². The van der Waals surface area contributed by atoms with Gasteiger partial charge in [-0.1, -0.05) is 48.0 Å². The fourth-order valence-electron chi connectivity index (χ4n) is 6.94. The molecule has 0 radical (unpaired) electrons. The predicted octanol–water partition coefficient (Wildman–Crippen LogP) is 3.71. The van der Waals surface area contributed by atoms with Crippen molar-refractivity contribution in [2.45, 2.75) is 24.5 Å². The number of para-hydroxylation sites is 2. The molecule has 0 aliphatic carbocycles. The smallest absolute Gasteiger partial charge is 0.250 e. The minimum atomic E-state index is -1.42. The molecule has 4 aromatic rings. The largest absolute Gasteiger partial charge is 0.454 e. The lowest BCUT2D eigenvalue weighted by atomic mass is 9.76. The maximum absolute atomic E-state index is 14.2. The van der Waals surface area contributed by atoms with Crippen molar-refractivity contribution in [2.24, 2.45) is 11.8 Å². The second-order valence-electron chi connectivity index (χ2n) is 10.7. The number of aromatic amines is 1. The quantitative estimate of drug-likeness (QED) is 0.332. The van der Waals surface area contributed by atoms with E-state index in [0.717, 1.165) is 22.0 Å². The molecule has 9 nitrogen and oxygen atoms in total. The molecule has 4 aliphatic rings. The van der Waals surface area contributed by atoms with E-state index >= 15 is 0 Å². The fraction of sp³-hybridized carbons (Fsp3) is 0.233. The first-order valence-corrected chi connectivity index (χ1v) is 13.5. The van der Waals surface area contributed by atoms with E-state index in [2.05, 4.69) is 15.6 Å². The van der Waals surface area contributed by atoms with E-state index in [1.165, 1.54) is 4.90 Å². The van der Waals surface area contributed by atoms with E-state index in [4.69, 9.17) is 21.1 Å². The summed E-state index contributed by atoms with van der Waals surface area (Å²) < 4.78 is 10.9. The van der Waals surface area contributed by atoms with Crippen LogP contribution in [0.5, 0.6) is 11.5 Å². The second kappa shape index (κ2) is 8.33. The highest BCUT2D eigenvalue weighted by Gasteiger charge is 2.70. The van der Waals surface area contributed by atoms with Crippen LogP contribution in [-0.4, -0.2) is 40.4 Å². The van der Waals surface area contributed by atoms with E-state index < -0.39 is 23.4 Å². The normalized spacial score (nSPS) is 26.2. The molecule has 200 valence electrons. The first-order chi connectivity index (χ1) is 19.5. The number of carbonyl (C=O) groups excluding carboxylic acids is 3. The van der Waals surface area contributed by atoms with Gasteiger partial charge in [0.05, 0.1) is 29.1 Å². The Bertz CT molecular complexity index is 1770. The highest BCUT2D eigenvalue weighted by molar-refractivity contribution is 6.35. The van der Waals surface area contributed by atoms with Gasteiger partial charge in [-0.05, 0) is 41.8 Å². The molecule has 5 heterocycles. The van der Waals surface area contributed by atoms with Crippen molar-refractivity contribution in [3.63, 3.8) is 0 Å². The fourth-order valence-corrected chi connectivity index (χ4v) is 7.16. The summed E-state index contributed by atoms with van der Waals surface area (Å²) in [7, 11) is 0. The van der Waals surface area contributed by atoms with Crippen LogP contribution < -0.4 is 20.1 Å². The molecule has 0 unspecified atom stereocenters. The van der Waals surface area contributed by atoms with E-state index in [-0.39, 0.29) is 31.1 Å². The monoisotopic (exact) mass is 554 g/mol. The number of likely N-dealkylation sites (tertiary alicyclic amines) is 1. The lowest BCUT2D eigenvalue weighted by molar-refractivity contribution is -0.143. The molecular formula is C30H23ClN4O5. The summed E-state index contributed by atoms with van der Waals surface area (Å²) in [6, 6.07) is 18.1. The molecule has 2 fully saturated rings. The zero-order valence-corrected chi connectivity index (χ0v) is 21.8. The summed E-state index contributed by atoms with van der Waals surface area (Å²) in [6.45, 7) is 0.201. The van der Waals surface area contributed by atoms with Crippen LogP contribution in [0.4, 0.5) is 5.69 Å². The van der Waals surface area contributed by atoms with Crippen LogP contribution in [0.2, 0.25) is 5.02 Å². The molecule has 4 atom stereocenters. The van der Waals surface area contributed by atoms with Gasteiger partial charge in [-0.15, -0.1) is 0 Å². The number of hydrogen-bond donors (Lipinski definition) is 3. The Morgan fingerprint density at radius 1 is 0.975 bits per heavy atom. The van der Waals surface area contributed by atoms with Gasteiger partial charge in [0.2, 0.25) is 24.5 Å². The number of hydrogen-bond acceptors (Lipinski definition) is 6. The Hall–Kier alpha value is -4.34. The molecule has 1 spiro atoms. The lowest BCUT2D eigenvalue weighted by Crippen LogP contribution is -2.53. The van der Waals surface area contributed by atoms with Gasteiger partial charge in [0.25, 0.3) is 0 Å². The van der Waals surface area contributed by atoms with Gasteiger partial charge in [-0.3, -0.25) is 24.6 Å². The van der Waals surface area contributed by atoms with E-state index in [0.29, 0.717) is 34.2 Å². The van der Waals surface area contributed by atoms with Crippen LogP contribution in [0.1, 0.15) is 16.7 Å². The SMILES string of the molecule is O=C1[C@@H]2[C@@H](C(=O)N1Cc1ccc3c(c1)OCO3)[C@]1(N[C@@H]2Cc2c[nH]c3ccccc23)C(=O)Nc2c(Cl)cccc21. The molecule has 2 saturated heterocycles. The average Bonchev–Trinajstić information content (AvgIpc) is 3.75. The molecular weight excluding hydrogens is 532 g/mol. The van der Waals surface area contributed by atoms with Crippen LogP contribution in [0.3, 0.4) is 0 Å². The number of amides is 3. The first kappa shape index (κ1) is 23.5. The predicted molar refractivity (Wildman–Crippen MR) is 146 cm³/mol. The Morgan fingerprint density at radius 2 is 1.82 bits per heavy atom. The van der Waals surface area contributed by atoms with Gasteiger partial charge in [0.15, 0.2) is 11.5 Å². The van der Waals surface area contributed by atoms with E-state index in [9.17, 15) is 14.4 Å². The average molecular weight is 555 g/mol. The molecule has 40 heavy (non-hydrogen) atoms. The number of nitrogens with one attached hydrogen (secondary N) is 3. The standard InChI is InChI=1S/C30H23ClN4O5/c31-19-6-3-5-18-26(19)33-29(38)30(18)25-24(21(34-30)11-16-12-32-20-7-2-1-4-17(16)20)27(36)35(28(25)37)13-15-8-9-22-23(10-15)40-14-39-22/h1-10,12,21,24-25,32,34H,11,13-14H2,(H,33,38)/t21-,24+,25+,30+/m1/s1. The minimum Gasteiger partial charge on any atom is -0.454 e. The number of nitrogens with zero attached hydrogens (tertiary/aromatic N) is 1. The molecule has 10 heteroatoms. The zero-order valence-electron chi connectivity index (χ0n) is 21.1. The van der Waals surface area contributed by atoms with Gasteiger partial charge in [-0.25, -0.2) is 0 Å². The summed E-state index contributed by atoms with van der Waals surface area (Å²) >= 11 is 6.47. The molecule has 3 N–H and O–H groups in total.